The number of primary amides is 1. The first-order valence-electron chi connectivity index (χ1n) is 4.78. The van der Waals surface area contributed by atoms with Crippen molar-refractivity contribution >= 4 is 17.5 Å². The molecule has 5 heteroatoms. The summed E-state index contributed by atoms with van der Waals surface area (Å²) < 4.78 is 13.6. The van der Waals surface area contributed by atoms with Gasteiger partial charge in [0.2, 0.25) is 5.91 Å². The van der Waals surface area contributed by atoms with Gasteiger partial charge in [0.1, 0.15) is 5.82 Å². The summed E-state index contributed by atoms with van der Waals surface area (Å²) >= 11 is 5.66. The molecule has 2 rings (SSSR count). The lowest BCUT2D eigenvalue weighted by Gasteiger charge is -2.04. The first-order chi connectivity index (χ1) is 8.08. The molecule has 1 aromatic carbocycles. The van der Waals surface area contributed by atoms with Crippen LogP contribution < -0.4 is 5.73 Å². The maximum Gasteiger partial charge on any atom is 0.250 e. The van der Waals surface area contributed by atoms with E-state index in [4.69, 9.17) is 17.3 Å². The Bertz CT molecular complexity index is 586. The predicted molar refractivity (Wildman–Crippen MR) is 63.2 cm³/mol. The van der Waals surface area contributed by atoms with E-state index in [1.54, 1.807) is 6.07 Å². The second-order valence-corrected chi connectivity index (χ2v) is 3.89. The molecule has 0 bridgehead atoms. The maximum atomic E-state index is 13.6. The number of hydrogen-bond acceptors (Lipinski definition) is 2. The lowest BCUT2D eigenvalue weighted by atomic mass is 10.1. The third-order valence-corrected chi connectivity index (χ3v) is 2.50. The van der Waals surface area contributed by atoms with Gasteiger partial charge >= 0.3 is 0 Å². The summed E-state index contributed by atoms with van der Waals surface area (Å²) in [6.45, 7) is 0. The van der Waals surface area contributed by atoms with E-state index in [9.17, 15) is 9.18 Å². The molecule has 0 saturated heterocycles. The first kappa shape index (κ1) is 11.5. The lowest BCUT2D eigenvalue weighted by Crippen LogP contribution is -2.11. The standard InChI is InChI=1S/C12H8ClFN2O/c13-9-1-2-10(11(14)4-9)7-3-8(12(15)17)6-16-5-7/h1-6H,(H2,15,17). The fourth-order valence-electron chi connectivity index (χ4n) is 1.45. The van der Waals surface area contributed by atoms with Gasteiger partial charge in [-0.1, -0.05) is 11.6 Å². The molecule has 2 N–H and O–H groups in total. The van der Waals surface area contributed by atoms with Gasteiger partial charge in [-0.3, -0.25) is 9.78 Å². The minimum absolute atomic E-state index is 0.233. The minimum Gasteiger partial charge on any atom is -0.366 e. The van der Waals surface area contributed by atoms with E-state index in [-0.39, 0.29) is 5.56 Å². The Labute approximate surface area is 102 Å². The highest BCUT2D eigenvalue weighted by molar-refractivity contribution is 6.30. The van der Waals surface area contributed by atoms with E-state index in [1.165, 1.54) is 30.6 Å². The third kappa shape index (κ3) is 2.42. The second kappa shape index (κ2) is 4.51. The molecule has 1 heterocycles. The zero-order valence-electron chi connectivity index (χ0n) is 8.65. The molecule has 3 nitrogen and oxygen atoms in total. The summed E-state index contributed by atoms with van der Waals surface area (Å²) in [6.07, 6.45) is 2.79. The highest BCUT2D eigenvalue weighted by Crippen LogP contribution is 2.25. The quantitative estimate of drug-likeness (QED) is 0.891. The van der Waals surface area contributed by atoms with E-state index in [1.807, 2.05) is 0 Å². The van der Waals surface area contributed by atoms with Gasteiger partial charge in [-0.25, -0.2) is 4.39 Å². The maximum absolute atomic E-state index is 13.6. The largest absolute Gasteiger partial charge is 0.366 e. The number of carbonyl (C=O) groups is 1. The van der Waals surface area contributed by atoms with Crippen LogP contribution in [0.3, 0.4) is 0 Å². The van der Waals surface area contributed by atoms with Crippen LogP contribution in [0.1, 0.15) is 10.4 Å². The monoisotopic (exact) mass is 250 g/mol. The molecule has 0 atom stereocenters. The Morgan fingerprint density at radius 1 is 1.29 bits per heavy atom. The summed E-state index contributed by atoms with van der Waals surface area (Å²) in [7, 11) is 0. The van der Waals surface area contributed by atoms with Gasteiger partial charge in [0, 0.05) is 28.5 Å². The number of carbonyl (C=O) groups excluding carboxylic acids is 1. The number of pyridine rings is 1. The molecule has 0 radical (unpaired) electrons. The molecule has 0 aliphatic carbocycles. The molecule has 0 spiro atoms. The minimum atomic E-state index is -0.603. The Kier molecular flexibility index (Phi) is 3.06. The van der Waals surface area contributed by atoms with Crippen molar-refractivity contribution in [2.24, 2.45) is 5.73 Å². The molecule has 0 fully saturated rings. The normalized spacial score (nSPS) is 10.2. The van der Waals surface area contributed by atoms with Gasteiger partial charge in [-0.2, -0.15) is 0 Å². The van der Waals surface area contributed by atoms with Crippen molar-refractivity contribution in [2.75, 3.05) is 0 Å². The molecule has 1 amide bonds. The van der Waals surface area contributed by atoms with E-state index in [2.05, 4.69) is 4.98 Å². The van der Waals surface area contributed by atoms with Gasteiger partial charge in [0.05, 0.1) is 5.56 Å². The Balaban J connectivity index is 2.53. The smallest absolute Gasteiger partial charge is 0.250 e. The Morgan fingerprint density at radius 3 is 2.71 bits per heavy atom. The molecule has 0 aliphatic heterocycles. The van der Waals surface area contributed by atoms with Gasteiger partial charge in [0.15, 0.2) is 0 Å². The van der Waals surface area contributed by atoms with E-state index in [0.29, 0.717) is 16.1 Å². The summed E-state index contributed by atoms with van der Waals surface area (Å²) in [6, 6.07) is 5.78. The average molecular weight is 251 g/mol. The van der Waals surface area contributed by atoms with Crippen molar-refractivity contribution in [3.63, 3.8) is 0 Å². The zero-order valence-corrected chi connectivity index (χ0v) is 9.41. The van der Waals surface area contributed by atoms with Crippen molar-refractivity contribution in [3.8, 4) is 11.1 Å². The van der Waals surface area contributed by atoms with Crippen LogP contribution in [0.4, 0.5) is 4.39 Å². The Hall–Kier alpha value is -1.94. The number of aromatic nitrogens is 1. The van der Waals surface area contributed by atoms with E-state index in [0.717, 1.165) is 0 Å². The van der Waals surface area contributed by atoms with Crippen LogP contribution in [-0.4, -0.2) is 10.9 Å². The zero-order chi connectivity index (χ0) is 12.4. The SMILES string of the molecule is NC(=O)c1cncc(-c2ccc(Cl)cc2F)c1. The summed E-state index contributed by atoms with van der Waals surface area (Å²) in [5.74, 6) is -1.07. The number of nitrogens with zero attached hydrogens (tertiary/aromatic N) is 1. The number of nitrogens with two attached hydrogens (primary N) is 1. The van der Waals surface area contributed by atoms with Crippen molar-refractivity contribution in [2.45, 2.75) is 0 Å². The summed E-state index contributed by atoms with van der Waals surface area (Å²) in [5.41, 5.74) is 6.17. The second-order valence-electron chi connectivity index (χ2n) is 3.45. The van der Waals surface area contributed by atoms with Gasteiger partial charge in [-0.15, -0.1) is 0 Å². The average Bonchev–Trinajstić information content (AvgIpc) is 2.29. The van der Waals surface area contributed by atoms with Crippen molar-refractivity contribution < 1.29 is 9.18 Å². The fourth-order valence-corrected chi connectivity index (χ4v) is 1.60. The molecular weight excluding hydrogens is 243 g/mol. The van der Waals surface area contributed by atoms with Crippen LogP contribution >= 0.6 is 11.6 Å². The summed E-state index contributed by atoms with van der Waals surface area (Å²) in [4.78, 5) is 14.8. The summed E-state index contributed by atoms with van der Waals surface area (Å²) in [5, 5.41) is 0.310. The molecule has 0 unspecified atom stereocenters. The van der Waals surface area contributed by atoms with Crippen molar-refractivity contribution in [1.82, 2.24) is 4.98 Å². The molecule has 0 saturated carbocycles. The van der Waals surface area contributed by atoms with Crippen LogP contribution in [0.25, 0.3) is 11.1 Å². The highest BCUT2D eigenvalue weighted by atomic mass is 35.5. The topological polar surface area (TPSA) is 56.0 Å². The van der Waals surface area contributed by atoms with Crippen LogP contribution in [0.5, 0.6) is 0 Å². The molecular formula is C12H8ClFN2O. The molecule has 17 heavy (non-hydrogen) atoms. The van der Waals surface area contributed by atoms with Crippen LogP contribution in [0.15, 0.2) is 36.7 Å². The van der Waals surface area contributed by atoms with Crippen molar-refractivity contribution in [1.29, 1.82) is 0 Å². The number of hydrogen-bond donors (Lipinski definition) is 1. The number of benzene rings is 1. The molecule has 2 aromatic rings. The molecule has 0 aliphatic rings. The number of halogens is 2. The first-order valence-corrected chi connectivity index (χ1v) is 5.16. The lowest BCUT2D eigenvalue weighted by molar-refractivity contribution is 0.1000. The van der Waals surface area contributed by atoms with Crippen LogP contribution in [-0.2, 0) is 0 Å². The fraction of sp³-hybridized carbons (Fsp3) is 0. The van der Waals surface area contributed by atoms with Crippen LogP contribution in [0.2, 0.25) is 5.02 Å². The predicted octanol–water partition coefficient (Wildman–Crippen LogP) is 2.64. The van der Waals surface area contributed by atoms with Gasteiger partial charge in [-0.05, 0) is 24.3 Å². The highest BCUT2D eigenvalue weighted by Gasteiger charge is 2.08. The van der Waals surface area contributed by atoms with E-state index < -0.39 is 11.7 Å². The van der Waals surface area contributed by atoms with Gasteiger partial charge < -0.3 is 5.73 Å². The number of rotatable bonds is 2. The molecule has 86 valence electrons. The Morgan fingerprint density at radius 2 is 2.06 bits per heavy atom. The molecule has 1 aromatic heterocycles. The van der Waals surface area contributed by atoms with Gasteiger partial charge in [0.25, 0.3) is 0 Å². The number of amides is 1. The van der Waals surface area contributed by atoms with Crippen molar-refractivity contribution in [3.05, 3.63) is 53.1 Å². The van der Waals surface area contributed by atoms with Crippen LogP contribution in [0, 0.1) is 5.82 Å². The van der Waals surface area contributed by atoms with E-state index >= 15 is 0 Å². The third-order valence-electron chi connectivity index (χ3n) is 2.26.